The van der Waals surface area contributed by atoms with Crippen molar-refractivity contribution in [3.63, 3.8) is 0 Å². The van der Waals surface area contributed by atoms with Gasteiger partial charge in [-0.3, -0.25) is 0 Å². The van der Waals surface area contributed by atoms with Gasteiger partial charge in [0, 0.05) is 0 Å². The largest absolute Gasteiger partial charge is 0.503 e. The van der Waals surface area contributed by atoms with Crippen molar-refractivity contribution in [3.05, 3.63) is 0 Å². The number of carboxylic acid groups (broad SMARTS) is 4. The van der Waals surface area contributed by atoms with Gasteiger partial charge < -0.3 is 20.4 Å². The summed E-state index contributed by atoms with van der Waals surface area (Å²) in [5, 5.41) is 27.9. The molecule has 0 aromatic carbocycles. The van der Waals surface area contributed by atoms with E-state index in [1.165, 1.54) is 0 Å². The van der Waals surface area contributed by atoms with E-state index in [0.717, 1.165) is 5.92 Å². The molecule has 0 spiro atoms. The number of carbonyl (C=O) groups is 2. The first kappa shape index (κ1) is 36.1. The minimum Gasteiger partial charge on any atom is -0.450 e. The summed E-state index contributed by atoms with van der Waals surface area (Å²) >= 11 is 0. The quantitative estimate of drug-likeness (QED) is 0.496. The molecule has 0 aliphatic rings. The fraction of sp³-hybridized carbons (Fsp3) is 0.818. The number of hydrogen-bond donors (Lipinski definition) is 4. The fourth-order valence-corrected chi connectivity index (χ4v) is 0. The summed E-state index contributed by atoms with van der Waals surface area (Å²) in [6.45, 7) is 14.5. The third-order valence-corrected chi connectivity index (χ3v) is 0. The molecule has 6 heteroatoms. The summed E-state index contributed by atoms with van der Waals surface area (Å²) in [5.74, 6) is 0.833. The van der Waals surface area contributed by atoms with Gasteiger partial charge in [-0.1, -0.05) is 55.9 Å². The van der Waals surface area contributed by atoms with Crippen LogP contribution in [0.4, 0.5) is 9.59 Å². The maximum absolute atomic E-state index is 8.56. The predicted octanol–water partition coefficient (Wildman–Crippen LogP) is 4.80. The maximum Gasteiger partial charge on any atom is 0.503 e. The fourth-order valence-electron chi connectivity index (χ4n) is 0. The molecule has 0 saturated carbocycles. The molecule has 0 bridgehead atoms. The van der Waals surface area contributed by atoms with Crippen molar-refractivity contribution >= 4 is 12.3 Å². The summed E-state index contributed by atoms with van der Waals surface area (Å²) in [4.78, 5) is 17.1. The van der Waals surface area contributed by atoms with E-state index in [0.29, 0.717) is 0 Å². The second kappa shape index (κ2) is 46.9. The molecule has 0 heterocycles. The smallest absolute Gasteiger partial charge is 0.450 e. The monoisotopic (exact) mass is 258 g/mol. The van der Waals surface area contributed by atoms with E-state index in [4.69, 9.17) is 30.0 Å². The second-order valence-corrected chi connectivity index (χ2v) is 2.30. The first-order chi connectivity index (χ1) is 7.20. The van der Waals surface area contributed by atoms with Crippen LogP contribution in [0.5, 0.6) is 0 Å². The van der Waals surface area contributed by atoms with Crippen LogP contribution in [0.25, 0.3) is 0 Å². The van der Waals surface area contributed by atoms with Gasteiger partial charge in [0.1, 0.15) is 0 Å². The third kappa shape index (κ3) is 1070. The van der Waals surface area contributed by atoms with Crippen molar-refractivity contribution in [2.45, 2.75) is 55.9 Å². The van der Waals surface area contributed by atoms with Crippen LogP contribution >= 0.6 is 0 Å². The maximum atomic E-state index is 8.56. The summed E-state index contributed by atoms with van der Waals surface area (Å²) in [6.07, 6.45) is -3.67. The molecule has 0 fully saturated rings. The van der Waals surface area contributed by atoms with Gasteiger partial charge >= 0.3 is 12.3 Å². The van der Waals surface area contributed by atoms with Crippen LogP contribution in [0.15, 0.2) is 0 Å². The van der Waals surface area contributed by atoms with Crippen molar-refractivity contribution in [1.29, 1.82) is 0 Å². The van der Waals surface area contributed by atoms with Gasteiger partial charge in [-0.2, -0.15) is 0 Å². The number of hydrogen-bond acceptors (Lipinski definition) is 2. The lowest BCUT2D eigenvalue weighted by atomic mass is 10.3. The van der Waals surface area contributed by atoms with E-state index in [1.807, 2.05) is 27.7 Å². The highest BCUT2D eigenvalue weighted by Crippen LogP contribution is 1.81. The molecule has 0 aromatic heterocycles. The Kier molecular flexibility index (Phi) is 99.6. The van der Waals surface area contributed by atoms with Crippen LogP contribution in [-0.4, -0.2) is 32.7 Å². The molecule has 0 radical (unpaired) electrons. The Bertz CT molecular complexity index is 100. The molecule has 0 atom stereocenters. The summed E-state index contributed by atoms with van der Waals surface area (Å²) < 4.78 is 0. The Labute approximate surface area is 105 Å². The first-order valence-electron chi connectivity index (χ1n) is 5.03. The molecule has 6 nitrogen and oxygen atoms in total. The van der Waals surface area contributed by atoms with E-state index in [9.17, 15) is 0 Å². The topological polar surface area (TPSA) is 115 Å². The molecular formula is C11H30O6. The van der Waals surface area contributed by atoms with Gasteiger partial charge in [0.2, 0.25) is 0 Å². The van der Waals surface area contributed by atoms with E-state index in [2.05, 4.69) is 20.8 Å². The van der Waals surface area contributed by atoms with Crippen LogP contribution in [0, 0.1) is 5.92 Å². The molecule has 4 N–H and O–H groups in total. The summed E-state index contributed by atoms with van der Waals surface area (Å²) in [6, 6.07) is 0. The van der Waals surface area contributed by atoms with Crippen molar-refractivity contribution < 1.29 is 30.0 Å². The minimum absolute atomic E-state index is 0. The standard InChI is InChI=1S/C4H10.2C2H6.2CH2O3.CH4/c1-4(2)3;2*1-2;2*2-1(3)4;/h4H,1-3H3;2*1-2H3;2*(H2,2,3,4);1H4. The van der Waals surface area contributed by atoms with Crippen LogP contribution < -0.4 is 0 Å². The molecule has 0 aromatic rings. The molecule has 0 aliphatic carbocycles. The van der Waals surface area contributed by atoms with Crippen LogP contribution in [0.3, 0.4) is 0 Å². The number of rotatable bonds is 0. The molecule has 110 valence electrons. The van der Waals surface area contributed by atoms with Crippen molar-refractivity contribution in [2.24, 2.45) is 5.92 Å². The van der Waals surface area contributed by atoms with Gasteiger partial charge in [0.25, 0.3) is 0 Å². The lowest BCUT2D eigenvalue weighted by Crippen LogP contribution is -1.81. The average molecular weight is 258 g/mol. The predicted molar refractivity (Wildman–Crippen MR) is 71.2 cm³/mol. The van der Waals surface area contributed by atoms with Crippen LogP contribution in [0.1, 0.15) is 55.9 Å². The van der Waals surface area contributed by atoms with Gasteiger partial charge in [-0.15, -0.1) is 0 Å². The zero-order valence-electron chi connectivity index (χ0n) is 11.2. The lowest BCUT2D eigenvalue weighted by molar-refractivity contribution is 0.135. The average Bonchev–Trinajstić information content (AvgIpc) is 2.07. The zero-order chi connectivity index (χ0) is 14.7. The van der Waals surface area contributed by atoms with Crippen LogP contribution in [-0.2, 0) is 0 Å². The van der Waals surface area contributed by atoms with Crippen molar-refractivity contribution in [2.75, 3.05) is 0 Å². The normalized spacial score (nSPS) is 5.65. The summed E-state index contributed by atoms with van der Waals surface area (Å²) in [7, 11) is 0. The van der Waals surface area contributed by atoms with Crippen molar-refractivity contribution in [1.82, 2.24) is 0 Å². The Hall–Kier alpha value is -1.46. The molecule has 0 amide bonds. The highest BCUT2D eigenvalue weighted by atomic mass is 16.6. The van der Waals surface area contributed by atoms with Gasteiger partial charge in [-0.05, 0) is 5.92 Å². The molecule has 0 unspecified atom stereocenters. The summed E-state index contributed by atoms with van der Waals surface area (Å²) in [5.41, 5.74) is 0. The Morgan fingerprint density at radius 3 is 0.706 bits per heavy atom. The SMILES string of the molecule is C.CC.CC.CC(C)C.O=C(O)O.O=C(O)O. The molecule has 17 heavy (non-hydrogen) atoms. The van der Waals surface area contributed by atoms with Gasteiger partial charge in [0.15, 0.2) is 0 Å². The van der Waals surface area contributed by atoms with Gasteiger partial charge in [-0.25, -0.2) is 9.59 Å². The second-order valence-electron chi connectivity index (χ2n) is 2.30. The Morgan fingerprint density at radius 1 is 0.706 bits per heavy atom. The Morgan fingerprint density at radius 2 is 0.706 bits per heavy atom. The highest BCUT2D eigenvalue weighted by Gasteiger charge is 1.70. The van der Waals surface area contributed by atoms with E-state index in [1.54, 1.807) is 0 Å². The zero-order valence-corrected chi connectivity index (χ0v) is 11.2. The third-order valence-electron chi connectivity index (χ3n) is 0. The molecular weight excluding hydrogens is 228 g/mol. The first-order valence-corrected chi connectivity index (χ1v) is 5.03. The van der Waals surface area contributed by atoms with E-state index in [-0.39, 0.29) is 7.43 Å². The highest BCUT2D eigenvalue weighted by molar-refractivity contribution is 5.53. The van der Waals surface area contributed by atoms with Crippen LogP contribution in [0.2, 0.25) is 0 Å². The lowest BCUT2D eigenvalue weighted by Gasteiger charge is -1.79. The Balaban J connectivity index is -0.0000000227. The minimum atomic E-state index is -1.83. The van der Waals surface area contributed by atoms with Crippen molar-refractivity contribution in [3.8, 4) is 0 Å². The molecule has 0 saturated heterocycles. The van der Waals surface area contributed by atoms with Gasteiger partial charge in [0.05, 0.1) is 0 Å². The van der Waals surface area contributed by atoms with E-state index >= 15 is 0 Å². The molecule has 0 rings (SSSR count). The molecule has 0 aliphatic heterocycles. The van der Waals surface area contributed by atoms with E-state index < -0.39 is 12.3 Å².